The van der Waals surface area contributed by atoms with Crippen molar-refractivity contribution < 1.29 is 52.8 Å². The average Bonchev–Trinajstić information content (AvgIpc) is 2.57. The van der Waals surface area contributed by atoms with Crippen LogP contribution in [-0.2, 0) is 47.6 Å². The van der Waals surface area contributed by atoms with Gasteiger partial charge in [-0.05, 0) is 16.8 Å². The Morgan fingerprint density at radius 1 is 0.857 bits per heavy atom. The summed E-state index contributed by atoms with van der Waals surface area (Å²) in [6.45, 7) is 3.94. The van der Waals surface area contributed by atoms with Gasteiger partial charge < -0.3 is 33.6 Å². The fourth-order valence-electron chi connectivity index (χ4n) is 2.40. The number of nitrogens with zero attached hydrogens (tertiary/aromatic N) is 1. The third kappa shape index (κ3) is 7.19. The van der Waals surface area contributed by atoms with Crippen LogP contribution in [0.5, 0.6) is 0 Å². The molecule has 1 fully saturated rings. The van der Waals surface area contributed by atoms with Crippen LogP contribution < -0.4 is 0 Å². The van der Waals surface area contributed by atoms with Gasteiger partial charge in [-0.1, -0.05) is 0 Å². The molecular formula is C15H20ClNO11. The quantitative estimate of drug-likeness (QED) is 0.153. The molecule has 0 amide bonds. The minimum absolute atomic E-state index is 0.425. The monoisotopic (exact) mass is 425 g/mol. The zero-order valence-corrected chi connectivity index (χ0v) is 16.2. The molecule has 0 radical (unpaired) electrons. The van der Waals surface area contributed by atoms with Crippen molar-refractivity contribution >= 4 is 40.8 Å². The summed E-state index contributed by atoms with van der Waals surface area (Å²) in [6.07, 6.45) is -6.95. The van der Waals surface area contributed by atoms with Gasteiger partial charge in [0, 0.05) is 27.7 Å². The maximum atomic E-state index is 11.6. The fraction of sp³-hybridized carbons (Fsp3) is 0.667. The smallest absolute Gasteiger partial charge is 0.324 e. The minimum Gasteiger partial charge on any atom is -0.463 e. The Balaban J connectivity index is 3.32. The zero-order chi connectivity index (χ0) is 21.4. The molecule has 0 saturated carbocycles. The highest BCUT2D eigenvalue weighted by Crippen LogP contribution is 2.30. The van der Waals surface area contributed by atoms with Crippen LogP contribution >= 0.6 is 11.6 Å². The maximum Gasteiger partial charge on any atom is 0.324 e. The molecule has 1 aliphatic heterocycles. The lowest BCUT2D eigenvalue weighted by Crippen LogP contribution is -2.63. The molecule has 1 N–H and O–H groups in total. The number of carbonyl (C=O) groups is 4. The van der Waals surface area contributed by atoms with Gasteiger partial charge in [0.15, 0.2) is 12.2 Å². The highest BCUT2D eigenvalue weighted by Gasteiger charge is 2.53. The highest BCUT2D eigenvalue weighted by molar-refractivity contribution is 6.62. The van der Waals surface area contributed by atoms with Gasteiger partial charge >= 0.3 is 29.2 Å². The molecule has 0 aromatic heterocycles. The number of esters is 4. The Morgan fingerprint density at radius 3 is 1.82 bits per heavy atom. The standard InChI is InChI=1S/C15H20ClNO11/c1-6(18)23-5-10-11(24-7(2)19)12(25-8(3)20)13(26-9(4)21)14(27-10)28-15(16)17-22/h10-14,22H,5H2,1-4H3/b17-15+/t10-,11-,12+,13-,14+/m1/s1. The Bertz CT molecular complexity index is 637. The predicted octanol–water partition coefficient (Wildman–Crippen LogP) is 0.0701. The van der Waals surface area contributed by atoms with Gasteiger partial charge in [-0.15, -0.1) is 0 Å². The molecule has 12 nitrogen and oxygen atoms in total. The first kappa shape index (κ1) is 23.4. The van der Waals surface area contributed by atoms with Gasteiger partial charge in [-0.2, -0.15) is 0 Å². The molecule has 0 aromatic rings. The molecule has 1 saturated heterocycles. The van der Waals surface area contributed by atoms with Crippen molar-refractivity contribution in [3.05, 3.63) is 0 Å². The molecule has 158 valence electrons. The first-order valence-electron chi connectivity index (χ1n) is 7.89. The van der Waals surface area contributed by atoms with E-state index in [2.05, 4.69) is 5.16 Å². The van der Waals surface area contributed by atoms with Gasteiger partial charge in [0.25, 0.3) is 0 Å². The number of hydrogen-bond acceptors (Lipinski definition) is 12. The van der Waals surface area contributed by atoms with Gasteiger partial charge in [0.1, 0.15) is 12.7 Å². The predicted molar refractivity (Wildman–Crippen MR) is 88.1 cm³/mol. The van der Waals surface area contributed by atoms with Crippen molar-refractivity contribution in [2.75, 3.05) is 6.61 Å². The van der Waals surface area contributed by atoms with Crippen LogP contribution in [0.4, 0.5) is 0 Å². The lowest BCUT2D eigenvalue weighted by molar-refractivity contribution is -0.291. The first-order chi connectivity index (χ1) is 13.0. The van der Waals surface area contributed by atoms with E-state index < -0.39 is 66.5 Å². The first-order valence-corrected chi connectivity index (χ1v) is 8.27. The van der Waals surface area contributed by atoms with E-state index in [9.17, 15) is 19.2 Å². The molecule has 1 rings (SSSR count). The summed E-state index contributed by atoms with van der Waals surface area (Å²) >= 11 is 5.53. The summed E-state index contributed by atoms with van der Waals surface area (Å²) in [5, 5.41) is 10.5. The number of rotatable bonds is 6. The summed E-state index contributed by atoms with van der Waals surface area (Å²) < 4.78 is 30.8. The lowest BCUT2D eigenvalue weighted by atomic mass is 9.98. The molecule has 1 aliphatic rings. The van der Waals surface area contributed by atoms with E-state index in [1.165, 1.54) is 0 Å². The number of halogens is 1. The van der Waals surface area contributed by atoms with Crippen LogP contribution in [0.1, 0.15) is 27.7 Å². The van der Waals surface area contributed by atoms with Crippen molar-refractivity contribution in [3.63, 3.8) is 0 Å². The van der Waals surface area contributed by atoms with Gasteiger partial charge in [-0.25, -0.2) is 0 Å². The summed E-state index contributed by atoms with van der Waals surface area (Å²) in [7, 11) is 0. The van der Waals surface area contributed by atoms with E-state index in [4.69, 9.17) is 45.2 Å². The van der Waals surface area contributed by atoms with Gasteiger partial charge in [0.05, 0.1) is 0 Å². The van der Waals surface area contributed by atoms with Crippen LogP contribution in [0.2, 0.25) is 0 Å². The molecule has 0 unspecified atom stereocenters. The lowest BCUT2D eigenvalue weighted by Gasteiger charge is -2.43. The SMILES string of the molecule is CC(=O)OC[C@H]1O[C@@H](O/C(Cl)=N/O)[C@H](OC(C)=O)[C@@H](OC(C)=O)[C@@H]1OC(C)=O. The summed E-state index contributed by atoms with van der Waals surface area (Å²) in [4.78, 5) is 45.7. The topological polar surface area (TPSA) is 156 Å². The van der Waals surface area contributed by atoms with Crippen molar-refractivity contribution in [2.45, 2.75) is 58.4 Å². The molecule has 0 aromatic carbocycles. The Labute approximate surface area is 164 Å². The van der Waals surface area contributed by atoms with Crippen molar-refractivity contribution in [1.29, 1.82) is 0 Å². The second-order valence-corrected chi connectivity index (χ2v) is 5.86. The fourth-order valence-corrected chi connectivity index (χ4v) is 2.49. The second-order valence-electron chi connectivity index (χ2n) is 5.54. The van der Waals surface area contributed by atoms with Crippen LogP contribution in [0.3, 0.4) is 0 Å². The highest BCUT2D eigenvalue weighted by atomic mass is 35.5. The van der Waals surface area contributed by atoms with Crippen molar-refractivity contribution in [1.82, 2.24) is 0 Å². The Kier molecular flexibility index (Phi) is 8.92. The molecule has 0 bridgehead atoms. The van der Waals surface area contributed by atoms with Crippen LogP contribution in [-0.4, -0.2) is 71.8 Å². The van der Waals surface area contributed by atoms with E-state index in [0.29, 0.717) is 0 Å². The normalized spacial score (nSPS) is 27.3. The largest absolute Gasteiger partial charge is 0.463 e. The zero-order valence-electron chi connectivity index (χ0n) is 15.4. The maximum absolute atomic E-state index is 11.6. The number of hydrogen-bond donors (Lipinski definition) is 1. The average molecular weight is 426 g/mol. The molecule has 28 heavy (non-hydrogen) atoms. The van der Waals surface area contributed by atoms with Gasteiger partial charge in [0.2, 0.25) is 12.4 Å². The van der Waals surface area contributed by atoms with Gasteiger partial charge in [-0.3, -0.25) is 19.2 Å². The third-order valence-corrected chi connectivity index (χ3v) is 3.40. The molecule has 0 spiro atoms. The Hall–Kier alpha value is -2.60. The summed E-state index contributed by atoms with van der Waals surface area (Å²) in [5.41, 5.74) is 0. The second kappa shape index (κ2) is 10.7. The summed E-state index contributed by atoms with van der Waals surface area (Å²) in [5.74, 6) is -3.04. The van der Waals surface area contributed by atoms with Crippen LogP contribution in [0.15, 0.2) is 5.16 Å². The molecule has 0 aliphatic carbocycles. The number of carbonyl (C=O) groups excluding carboxylic acids is 4. The van der Waals surface area contributed by atoms with Crippen molar-refractivity contribution in [3.8, 4) is 0 Å². The number of ether oxygens (including phenoxy) is 6. The van der Waals surface area contributed by atoms with Crippen LogP contribution in [0, 0.1) is 0 Å². The molecule has 13 heteroatoms. The van der Waals surface area contributed by atoms with E-state index in [1.54, 1.807) is 0 Å². The van der Waals surface area contributed by atoms with E-state index in [-0.39, 0.29) is 0 Å². The minimum atomic E-state index is -1.55. The van der Waals surface area contributed by atoms with E-state index >= 15 is 0 Å². The van der Waals surface area contributed by atoms with Crippen molar-refractivity contribution in [2.24, 2.45) is 5.16 Å². The molecule has 5 atom stereocenters. The molecule has 1 heterocycles. The van der Waals surface area contributed by atoms with Crippen LogP contribution in [0.25, 0.3) is 0 Å². The van der Waals surface area contributed by atoms with E-state index in [0.717, 1.165) is 27.7 Å². The van der Waals surface area contributed by atoms with E-state index in [1.807, 2.05) is 0 Å². The number of oxime groups is 1. The third-order valence-electron chi connectivity index (χ3n) is 3.24. The Morgan fingerprint density at radius 2 is 1.36 bits per heavy atom. The molecular weight excluding hydrogens is 406 g/mol. The summed E-state index contributed by atoms with van der Waals surface area (Å²) in [6, 6.07) is 0.